The van der Waals surface area contributed by atoms with Crippen LogP contribution in [-0.2, 0) is 11.3 Å². The monoisotopic (exact) mass is 255 g/mol. The van der Waals surface area contributed by atoms with Crippen molar-refractivity contribution in [2.45, 2.75) is 39.0 Å². The highest BCUT2D eigenvalue weighted by atomic mass is 16.5. The number of aromatic nitrogens is 2. The fourth-order valence-corrected chi connectivity index (χ4v) is 2.05. The third-order valence-corrected chi connectivity index (χ3v) is 3.56. The number of ether oxygens (including phenoxy) is 1. The summed E-state index contributed by atoms with van der Waals surface area (Å²) in [6.45, 7) is 6.16. The van der Waals surface area contributed by atoms with Gasteiger partial charge in [-0.1, -0.05) is 12.1 Å². The fourth-order valence-electron chi connectivity index (χ4n) is 2.05. The second-order valence-corrected chi connectivity index (χ2v) is 4.99. The van der Waals surface area contributed by atoms with Gasteiger partial charge in [0.1, 0.15) is 6.10 Å². The van der Waals surface area contributed by atoms with Crippen LogP contribution in [0.1, 0.15) is 38.1 Å². The summed E-state index contributed by atoms with van der Waals surface area (Å²) in [6, 6.07) is 0. The minimum absolute atomic E-state index is 0.158. The zero-order valence-corrected chi connectivity index (χ0v) is 11.2. The average Bonchev–Trinajstić information content (AvgIpc) is 2.81. The predicted molar refractivity (Wildman–Crippen MR) is 64.8 cm³/mol. The lowest BCUT2D eigenvalue weighted by Crippen LogP contribution is -2.42. The summed E-state index contributed by atoms with van der Waals surface area (Å²) in [4.78, 5) is 6.43. The Labute approximate surface area is 107 Å². The molecule has 3 atom stereocenters. The topological polar surface area (TPSA) is 71.6 Å². The molecule has 6 nitrogen and oxygen atoms in total. The van der Waals surface area contributed by atoms with E-state index in [1.807, 2.05) is 6.92 Å². The van der Waals surface area contributed by atoms with Gasteiger partial charge in [0, 0.05) is 13.7 Å². The minimum Gasteiger partial charge on any atom is -0.392 e. The maximum Gasteiger partial charge on any atom is 0.240 e. The van der Waals surface area contributed by atoms with E-state index in [0.29, 0.717) is 30.7 Å². The van der Waals surface area contributed by atoms with Crippen molar-refractivity contribution in [3.8, 4) is 0 Å². The van der Waals surface area contributed by atoms with Gasteiger partial charge in [-0.2, -0.15) is 4.98 Å². The first-order valence-corrected chi connectivity index (χ1v) is 6.36. The van der Waals surface area contributed by atoms with Crippen molar-refractivity contribution in [2.75, 3.05) is 20.2 Å². The van der Waals surface area contributed by atoms with Gasteiger partial charge in [-0.25, -0.2) is 0 Å². The third kappa shape index (κ3) is 3.07. The van der Waals surface area contributed by atoms with E-state index in [4.69, 9.17) is 9.26 Å². The maximum atomic E-state index is 9.83. The molecule has 1 fully saturated rings. The lowest BCUT2D eigenvalue weighted by molar-refractivity contribution is 0.0220. The summed E-state index contributed by atoms with van der Waals surface area (Å²) in [5, 5.41) is 13.7. The Balaban J connectivity index is 1.91. The van der Waals surface area contributed by atoms with Crippen molar-refractivity contribution in [1.82, 2.24) is 15.0 Å². The van der Waals surface area contributed by atoms with Crippen molar-refractivity contribution in [3.05, 3.63) is 11.7 Å². The Morgan fingerprint density at radius 1 is 1.61 bits per heavy atom. The number of piperidine rings is 1. The second kappa shape index (κ2) is 5.77. The Hall–Kier alpha value is -0.980. The molecule has 3 unspecified atom stereocenters. The molecule has 0 aliphatic carbocycles. The molecule has 102 valence electrons. The first kappa shape index (κ1) is 13.5. The van der Waals surface area contributed by atoms with Crippen LogP contribution in [-0.4, -0.2) is 46.5 Å². The van der Waals surface area contributed by atoms with Crippen LogP contribution >= 0.6 is 0 Å². The first-order valence-electron chi connectivity index (χ1n) is 6.36. The molecular formula is C12H21N3O3. The molecule has 1 aliphatic heterocycles. The van der Waals surface area contributed by atoms with Crippen molar-refractivity contribution in [3.63, 3.8) is 0 Å². The molecule has 1 N–H and O–H groups in total. The van der Waals surface area contributed by atoms with Crippen LogP contribution in [0.2, 0.25) is 0 Å². The van der Waals surface area contributed by atoms with Gasteiger partial charge in [-0.05, 0) is 25.8 Å². The summed E-state index contributed by atoms with van der Waals surface area (Å²) in [6.07, 6.45) is 0.574. The predicted octanol–water partition coefficient (Wildman–Crippen LogP) is 0.980. The van der Waals surface area contributed by atoms with Crippen LogP contribution in [0.3, 0.4) is 0 Å². The Morgan fingerprint density at radius 3 is 3.06 bits per heavy atom. The van der Waals surface area contributed by atoms with Crippen molar-refractivity contribution in [1.29, 1.82) is 0 Å². The van der Waals surface area contributed by atoms with Crippen molar-refractivity contribution in [2.24, 2.45) is 5.92 Å². The lowest BCUT2D eigenvalue weighted by atomic mass is 9.96. The largest absolute Gasteiger partial charge is 0.392 e. The molecule has 0 bridgehead atoms. The van der Waals surface area contributed by atoms with E-state index in [1.165, 1.54) is 0 Å². The average molecular weight is 255 g/mol. The van der Waals surface area contributed by atoms with E-state index in [1.54, 1.807) is 7.11 Å². The standard InChI is InChI=1S/C12H21N3O3/c1-8-4-5-15(6-10(8)16)7-11-13-12(14-18-11)9(2)17-3/h8-10,16H,4-7H2,1-3H3. The van der Waals surface area contributed by atoms with E-state index in [-0.39, 0.29) is 12.2 Å². The highest BCUT2D eigenvalue weighted by Gasteiger charge is 2.25. The number of rotatable bonds is 4. The third-order valence-electron chi connectivity index (χ3n) is 3.56. The number of hydrogen-bond donors (Lipinski definition) is 1. The van der Waals surface area contributed by atoms with E-state index in [2.05, 4.69) is 22.0 Å². The van der Waals surface area contributed by atoms with Gasteiger partial charge in [0.25, 0.3) is 0 Å². The van der Waals surface area contributed by atoms with Crippen molar-refractivity contribution < 1.29 is 14.4 Å². The lowest BCUT2D eigenvalue weighted by Gasteiger charge is -2.33. The van der Waals surface area contributed by atoms with Gasteiger partial charge < -0.3 is 14.4 Å². The molecule has 0 radical (unpaired) electrons. The zero-order chi connectivity index (χ0) is 13.1. The summed E-state index contributed by atoms with van der Waals surface area (Å²) in [7, 11) is 1.61. The molecule has 18 heavy (non-hydrogen) atoms. The molecule has 2 heterocycles. The van der Waals surface area contributed by atoms with E-state index in [9.17, 15) is 5.11 Å². The highest BCUT2D eigenvalue weighted by molar-refractivity contribution is 4.90. The van der Waals surface area contributed by atoms with Crippen LogP contribution < -0.4 is 0 Å². The number of β-amino-alcohol motifs (C(OH)–C–C–N with tert-alkyl or cyclic N) is 1. The quantitative estimate of drug-likeness (QED) is 0.864. The summed E-state index contributed by atoms with van der Waals surface area (Å²) in [5.41, 5.74) is 0. The molecule has 1 aromatic rings. The smallest absolute Gasteiger partial charge is 0.240 e. The van der Waals surface area contributed by atoms with E-state index < -0.39 is 0 Å². The summed E-state index contributed by atoms with van der Waals surface area (Å²) >= 11 is 0. The fraction of sp³-hybridized carbons (Fsp3) is 0.833. The number of hydrogen-bond acceptors (Lipinski definition) is 6. The van der Waals surface area contributed by atoms with Crippen LogP contribution in [0.15, 0.2) is 4.52 Å². The molecule has 2 rings (SSSR count). The molecule has 0 spiro atoms. The summed E-state index contributed by atoms with van der Waals surface area (Å²) < 4.78 is 10.3. The molecule has 0 amide bonds. The van der Waals surface area contributed by atoms with Crippen LogP contribution in [0.4, 0.5) is 0 Å². The molecule has 1 saturated heterocycles. The molecular weight excluding hydrogens is 234 g/mol. The highest BCUT2D eigenvalue weighted by Crippen LogP contribution is 2.19. The molecule has 0 aromatic carbocycles. The minimum atomic E-state index is -0.265. The maximum absolute atomic E-state index is 9.83. The van der Waals surface area contributed by atoms with Gasteiger partial charge in [-0.3, -0.25) is 4.90 Å². The molecule has 1 aromatic heterocycles. The number of likely N-dealkylation sites (tertiary alicyclic amines) is 1. The number of nitrogens with zero attached hydrogens (tertiary/aromatic N) is 3. The summed E-state index contributed by atoms with van der Waals surface area (Å²) in [5.74, 6) is 1.52. The Kier molecular flexibility index (Phi) is 4.31. The van der Waals surface area contributed by atoms with Crippen LogP contribution in [0.25, 0.3) is 0 Å². The molecule has 1 aliphatic rings. The van der Waals surface area contributed by atoms with Gasteiger partial charge in [0.15, 0.2) is 5.82 Å². The number of methoxy groups -OCH3 is 1. The molecule has 6 heteroatoms. The SMILES string of the molecule is COC(C)c1noc(CN2CCC(C)C(O)C2)n1. The second-order valence-electron chi connectivity index (χ2n) is 4.99. The molecule has 0 saturated carbocycles. The first-order chi connectivity index (χ1) is 8.60. The Bertz CT molecular complexity index is 382. The van der Waals surface area contributed by atoms with Crippen molar-refractivity contribution >= 4 is 0 Å². The van der Waals surface area contributed by atoms with Gasteiger partial charge in [0.2, 0.25) is 5.89 Å². The number of aliphatic hydroxyl groups is 1. The zero-order valence-electron chi connectivity index (χ0n) is 11.2. The van der Waals surface area contributed by atoms with Crippen LogP contribution in [0.5, 0.6) is 0 Å². The Morgan fingerprint density at radius 2 is 2.39 bits per heavy atom. The normalized spacial score (nSPS) is 27.3. The van der Waals surface area contributed by atoms with Gasteiger partial charge in [0.05, 0.1) is 12.6 Å². The van der Waals surface area contributed by atoms with Gasteiger partial charge >= 0.3 is 0 Å². The number of aliphatic hydroxyl groups excluding tert-OH is 1. The van der Waals surface area contributed by atoms with Gasteiger partial charge in [-0.15, -0.1) is 0 Å². The van der Waals surface area contributed by atoms with E-state index in [0.717, 1.165) is 13.0 Å². The van der Waals surface area contributed by atoms with Crippen LogP contribution in [0, 0.1) is 5.92 Å². The van der Waals surface area contributed by atoms with E-state index >= 15 is 0 Å².